The van der Waals surface area contributed by atoms with Crippen molar-refractivity contribution in [3.8, 4) is 0 Å². The molecule has 0 aliphatic carbocycles. The van der Waals surface area contributed by atoms with Crippen molar-refractivity contribution in [2.75, 3.05) is 11.9 Å². The minimum Gasteiger partial charge on any atom is -0.294 e. The molecular weight excluding hydrogens is 302 g/mol. The first kappa shape index (κ1) is 15.0. The molecule has 0 amide bonds. The Balaban J connectivity index is 2.00. The van der Waals surface area contributed by atoms with Gasteiger partial charge in [0.2, 0.25) is 0 Å². The van der Waals surface area contributed by atoms with Gasteiger partial charge in [0.15, 0.2) is 0 Å². The molecule has 0 spiro atoms. The highest BCUT2D eigenvalue weighted by Gasteiger charge is 2.20. The number of halogens is 1. The lowest BCUT2D eigenvalue weighted by Gasteiger charge is -2.27. The largest absolute Gasteiger partial charge is 0.294 e. The van der Waals surface area contributed by atoms with E-state index in [-0.39, 0.29) is 0 Å². The van der Waals surface area contributed by atoms with Crippen molar-refractivity contribution in [1.82, 2.24) is 14.7 Å². The lowest BCUT2D eigenvalue weighted by atomic mass is 10.1. The van der Waals surface area contributed by atoms with E-state index in [0.717, 1.165) is 18.3 Å². The van der Waals surface area contributed by atoms with Crippen LogP contribution in [0.5, 0.6) is 0 Å². The first-order valence-electron chi connectivity index (χ1n) is 7.58. The van der Waals surface area contributed by atoms with Crippen LogP contribution in [0.2, 0.25) is 0 Å². The van der Waals surface area contributed by atoms with E-state index in [9.17, 15) is 0 Å². The molecule has 4 heteroatoms. The minimum atomic E-state index is 0.504. The van der Waals surface area contributed by atoms with E-state index in [4.69, 9.17) is 5.10 Å². The molecule has 1 aromatic heterocycles. The fourth-order valence-electron chi connectivity index (χ4n) is 2.72. The number of aromatic nitrogens is 2. The Labute approximate surface area is 125 Å². The van der Waals surface area contributed by atoms with Crippen molar-refractivity contribution in [3.05, 3.63) is 18.0 Å². The van der Waals surface area contributed by atoms with Gasteiger partial charge < -0.3 is 0 Å². The zero-order chi connectivity index (χ0) is 13.7. The van der Waals surface area contributed by atoms with Crippen LogP contribution in [0.1, 0.15) is 57.7 Å². The predicted molar refractivity (Wildman–Crippen MR) is 83.7 cm³/mol. The Morgan fingerprint density at radius 1 is 1.42 bits per heavy atom. The molecule has 1 fully saturated rings. The second-order valence-corrected chi connectivity index (χ2v) is 6.32. The Bertz CT molecular complexity index is 377. The van der Waals surface area contributed by atoms with E-state index in [1.807, 2.05) is 0 Å². The van der Waals surface area contributed by atoms with Crippen molar-refractivity contribution in [2.45, 2.75) is 64.6 Å². The summed E-state index contributed by atoms with van der Waals surface area (Å²) < 4.78 is 2.11. The monoisotopic (exact) mass is 327 g/mol. The van der Waals surface area contributed by atoms with Crippen LogP contribution < -0.4 is 0 Å². The standard InChI is InChI=1S/C15H26BrN3/c1-3-13(2)19-10-8-14(17-19)12-18-9-6-4-5-7-15(18)11-16/h8,10,13,15H,3-7,9,11-12H2,1-2H3. The minimum absolute atomic E-state index is 0.504. The summed E-state index contributed by atoms with van der Waals surface area (Å²) in [6.07, 6.45) is 8.65. The van der Waals surface area contributed by atoms with E-state index >= 15 is 0 Å². The van der Waals surface area contributed by atoms with Gasteiger partial charge in [-0.25, -0.2) is 0 Å². The maximum atomic E-state index is 4.73. The fourth-order valence-corrected chi connectivity index (χ4v) is 3.46. The quantitative estimate of drug-likeness (QED) is 0.762. The van der Waals surface area contributed by atoms with Gasteiger partial charge in [0.1, 0.15) is 0 Å². The van der Waals surface area contributed by atoms with Gasteiger partial charge in [-0.1, -0.05) is 35.7 Å². The Morgan fingerprint density at radius 3 is 3.00 bits per heavy atom. The number of hydrogen-bond donors (Lipinski definition) is 0. The van der Waals surface area contributed by atoms with E-state index in [2.05, 4.69) is 51.6 Å². The van der Waals surface area contributed by atoms with Crippen molar-refractivity contribution in [3.63, 3.8) is 0 Å². The Kier molecular flexibility index (Phi) is 5.89. The topological polar surface area (TPSA) is 21.1 Å². The summed E-state index contributed by atoms with van der Waals surface area (Å²) in [5, 5.41) is 5.82. The highest BCUT2D eigenvalue weighted by molar-refractivity contribution is 9.09. The third-order valence-electron chi connectivity index (χ3n) is 4.25. The number of hydrogen-bond acceptors (Lipinski definition) is 2. The summed E-state index contributed by atoms with van der Waals surface area (Å²) in [5.74, 6) is 0. The SMILES string of the molecule is CCC(C)n1ccc(CN2CCCCCC2CBr)n1. The molecule has 108 valence electrons. The summed E-state index contributed by atoms with van der Waals surface area (Å²) in [7, 11) is 0. The molecule has 0 N–H and O–H groups in total. The van der Waals surface area contributed by atoms with Gasteiger partial charge in [-0.15, -0.1) is 0 Å². The molecule has 2 rings (SSSR count). The van der Waals surface area contributed by atoms with E-state index < -0.39 is 0 Å². The Morgan fingerprint density at radius 2 is 2.26 bits per heavy atom. The highest BCUT2D eigenvalue weighted by atomic mass is 79.9. The van der Waals surface area contributed by atoms with Crippen LogP contribution in [0.25, 0.3) is 0 Å². The molecule has 1 aliphatic rings. The first-order valence-corrected chi connectivity index (χ1v) is 8.70. The molecule has 0 bridgehead atoms. The summed E-state index contributed by atoms with van der Waals surface area (Å²) in [5.41, 5.74) is 1.22. The number of nitrogens with zero attached hydrogens (tertiary/aromatic N) is 3. The smallest absolute Gasteiger partial charge is 0.0765 e. The van der Waals surface area contributed by atoms with Crippen molar-refractivity contribution < 1.29 is 0 Å². The highest BCUT2D eigenvalue weighted by Crippen LogP contribution is 2.20. The maximum Gasteiger partial charge on any atom is 0.0765 e. The molecule has 2 unspecified atom stereocenters. The number of rotatable bonds is 5. The molecule has 0 radical (unpaired) electrons. The summed E-state index contributed by atoms with van der Waals surface area (Å²) in [6.45, 7) is 6.65. The van der Waals surface area contributed by atoms with Crippen LogP contribution in [0.3, 0.4) is 0 Å². The van der Waals surface area contributed by atoms with E-state index in [1.54, 1.807) is 0 Å². The summed E-state index contributed by atoms with van der Waals surface area (Å²) >= 11 is 3.67. The lowest BCUT2D eigenvalue weighted by molar-refractivity contribution is 0.206. The zero-order valence-electron chi connectivity index (χ0n) is 12.2. The molecule has 2 atom stereocenters. The molecule has 0 aromatic carbocycles. The van der Waals surface area contributed by atoms with Gasteiger partial charge in [0.05, 0.1) is 5.69 Å². The summed E-state index contributed by atoms with van der Waals surface area (Å²) in [6, 6.07) is 3.36. The van der Waals surface area contributed by atoms with Gasteiger partial charge in [0.25, 0.3) is 0 Å². The second-order valence-electron chi connectivity index (χ2n) is 5.67. The lowest BCUT2D eigenvalue weighted by Crippen LogP contribution is -2.35. The van der Waals surface area contributed by atoms with Crippen LogP contribution >= 0.6 is 15.9 Å². The van der Waals surface area contributed by atoms with Crippen molar-refractivity contribution in [2.24, 2.45) is 0 Å². The molecule has 1 saturated heterocycles. The van der Waals surface area contributed by atoms with Crippen molar-refractivity contribution >= 4 is 15.9 Å². The number of likely N-dealkylation sites (tertiary alicyclic amines) is 1. The fraction of sp³-hybridized carbons (Fsp3) is 0.800. The third-order valence-corrected chi connectivity index (χ3v) is 5.00. The Hall–Kier alpha value is -0.350. The van der Waals surface area contributed by atoms with Crippen LogP contribution in [0.4, 0.5) is 0 Å². The van der Waals surface area contributed by atoms with E-state index in [0.29, 0.717) is 12.1 Å². The van der Waals surface area contributed by atoms with Crippen LogP contribution in [-0.4, -0.2) is 32.6 Å². The van der Waals surface area contributed by atoms with Gasteiger partial charge in [0, 0.05) is 30.2 Å². The molecule has 2 heterocycles. The molecule has 1 aromatic rings. The van der Waals surface area contributed by atoms with Gasteiger partial charge >= 0.3 is 0 Å². The van der Waals surface area contributed by atoms with Crippen LogP contribution in [0.15, 0.2) is 12.3 Å². The van der Waals surface area contributed by atoms with Gasteiger partial charge in [-0.2, -0.15) is 5.10 Å². The number of alkyl halides is 1. The van der Waals surface area contributed by atoms with Crippen molar-refractivity contribution in [1.29, 1.82) is 0 Å². The predicted octanol–water partition coefficient (Wildman–Crippen LogP) is 3.99. The second kappa shape index (κ2) is 7.44. The molecule has 1 aliphatic heterocycles. The molecular formula is C15H26BrN3. The van der Waals surface area contributed by atoms with E-state index in [1.165, 1.54) is 37.9 Å². The van der Waals surface area contributed by atoms with Crippen LogP contribution in [0, 0.1) is 0 Å². The molecule has 0 saturated carbocycles. The maximum absolute atomic E-state index is 4.73. The first-order chi connectivity index (χ1) is 9.24. The van der Waals surface area contributed by atoms with Crippen LogP contribution in [-0.2, 0) is 6.54 Å². The van der Waals surface area contributed by atoms with Gasteiger partial charge in [-0.05, 0) is 38.8 Å². The zero-order valence-corrected chi connectivity index (χ0v) is 13.8. The average Bonchev–Trinajstić information content (AvgIpc) is 2.77. The average molecular weight is 328 g/mol. The molecule has 19 heavy (non-hydrogen) atoms. The molecule has 3 nitrogen and oxygen atoms in total. The normalized spacial score (nSPS) is 23.2. The van der Waals surface area contributed by atoms with Gasteiger partial charge in [-0.3, -0.25) is 9.58 Å². The summed E-state index contributed by atoms with van der Waals surface area (Å²) in [4.78, 5) is 2.60. The third kappa shape index (κ3) is 4.06.